The molecule has 0 spiro atoms. The van der Waals surface area contributed by atoms with Gasteiger partial charge in [0.2, 0.25) is 0 Å². The van der Waals surface area contributed by atoms with Crippen molar-refractivity contribution in [3.05, 3.63) is 83.5 Å². The number of imidazole rings is 1. The van der Waals surface area contributed by atoms with Crippen LogP contribution in [0.3, 0.4) is 0 Å². The van der Waals surface area contributed by atoms with Crippen molar-refractivity contribution in [2.24, 2.45) is 0 Å². The summed E-state index contributed by atoms with van der Waals surface area (Å²) in [5.41, 5.74) is 3.40. The SMILES string of the molecule is CN1CCN(c2ccc(OC(CCc3ccc(Cl)cc3)Cn3ccnc3)cc2)C(=C=S)C1. The Morgan fingerprint density at radius 2 is 1.91 bits per heavy atom. The van der Waals surface area contributed by atoms with Crippen LogP contribution in [0.25, 0.3) is 0 Å². The molecule has 1 aliphatic heterocycles. The second-order valence-corrected chi connectivity index (χ2v) is 8.74. The zero-order valence-corrected chi connectivity index (χ0v) is 19.7. The molecule has 1 atom stereocenters. The molecule has 0 bridgehead atoms. The zero-order valence-electron chi connectivity index (χ0n) is 18.2. The van der Waals surface area contributed by atoms with Crippen LogP contribution in [-0.2, 0) is 13.0 Å². The zero-order chi connectivity index (χ0) is 22.3. The molecule has 0 radical (unpaired) electrons. The van der Waals surface area contributed by atoms with Crippen LogP contribution >= 0.6 is 23.8 Å². The van der Waals surface area contributed by atoms with E-state index in [9.17, 15) is 0 Å². The van der Waals surface area contributed by atoms with Gasteiger partial charge in [0, 0.05) is 42.7 Å². The number of nitrogens with zero attached hydrogens (tertiary/aromatic N) is 4. The van der Waals surface area contributed by atoms with Gasteiger partial charge in [-0.05, 0) is 79.1 Å². The van der Waals surface area contributed by atoms with E-state index in [0.717, 1.165) is 61.2 Å². The molecule has 7 heteroatoms. The van der Waals surface area contributed by atoms with Gasteiger partial charge in [-0.15, -0.1) is 0 Å². The lowest BCUT2D eigenvalue weighted by Crippen LogP contribution is -2.43. The molecule has 5 nitrogen and oxygen atoms in total. The minimum absolute atomic E-state index is 0.0193. The summed E-state index contributed by atoms with van der Waals surface area (Å²) in [6, 6.07) is 16.3. The molecular formula is C25H27ClN4OS. The van der Waals surface area contributed by atoms with Crippen molar-refractivity contribution in [3.8, 4) is 5.75 Å². The smallest absolute Gasteiger partial charge is 0.119 e. The lowest BCUT2D eigenvalue weighted by Gasteiger charge is -2.35. The van der Waals surface area contributed by atoms with Crippen LogP contribution in [0.1, 0.15) is 12.0 Å². The molecule has 0 saturated carbocycles. The van der Waals surface area contributed by atoms with E-state index < -0.39 is 0 Å². The highest BCUT2D eigenvalue weighted by atomic mass is 35.5. The van der Waals surface area contributed by atoms with E-state index in [-0.39, 0.29) is 6.10 Å². The number of benzene rings is 2. The summed E-state index contributed by atoms with van der Waals surface area (Å²) in [4.78, 5) is 8.65. The van der Waals surface area contributed by atoms with E-state index in [0.29, 0.717) is 0 Å². The highest BCUT2D eigenvalue weighted by Crippen LogP contribution is 2.25. The van der Waals surface area contributed by atoms with E-state index in [1.807, 2.05) is 36.8 Å². The number of anilines is 1. The average Bonchev–Trinajstić information content (AvgIpc) is 3.32. The maximum atomic E-state index is 6.40. The maximum Gasteiger partial charge on any atom is 0.119 e. The second kappa shape index (κ2) is 10.8. The number of thiocarbonyl (C=S) groups is 1. The molecule has 4 rings (SSSR count). The predicted octanol–water partition coefficient (Wildman–Crippen LogP) is 4.85. The molecular weight excluding hydrogens is 440 g/mol. The Morgan fingerprint density at radius 1 is 1.12 bits per heavy atom. The largest absolute Gasteiger partial charge is 0.489 e. The van der Waals surface area contributed by atoms with Crippen LogP contribution in [-0.4, -0.2) is 52.3 Å². The van der Waals surface area contributed by atoms with Gasteiger partial charge in [0.05, 0.1) is 18.6 Å². The van der Waals surface area contributed by atoms with Crippen molar-refractivity contribution in [3.63, 3.8) is 0 Å². The number of halogens is 1. The van der Waals surface area contributed by atoms with Crippen molar-refractivity contribution >= 4 is 34.5 Å². The van der Waals surface area contributed by atoms with E-state index in [2.05, 4.69) is 55.7 Å². The summed E-state index contributed by atoms with van der Waals surface area (Å²) in [6.07, 6.45) is 7.41. The van der Waals surface area contributed by atoms with E-state index in [4.69, 9.17) is 28.6 Å². The molecule has 1 saturated heterocycles. The Balaban J connectivity index is 1.43. The molecule has 3 aromatic rings. The molecule has 32 heavy (non-hydrogen) atoms. The molecule has 1 unspecified atom stereocenters. The number of rotatable bonds is 8. The van der Waals surface area contributed by atoms with Crippen molar-refractivity contribution in [1.29, 1.82) is 0 Å². The number of hydrogen-bond acceptors (Lipinski definition) is 5. The minimum atomic E-state index is 0.0193. The molecule has 1 fully saturated rings. The first-order valence-electron chi connectivity index (χ1n) is 10.8. The van der Waals surface area contributed by atoms with Crippen LogP contribution in [0, 0.1) is 0 Å². The number of piperazine rings is 1. The van der Waals surface area contributed by atoms with Gasteiger partial charge in [0.1, 0.15) is 11.9 Å². The molecule has 0 amide bonds. The number of likely N-dealkylation sites (N-methyl/N-ethyl adjacent to an activating group) is 1. The quantitative estimate of drug-likeness (QED) is 0.443. The molecule has 0 N–H and O–H groups in total. The normalized spacial score (nSPS) is 15.4. The summed E-state index contributed by atoms with van der Waals surface area (Å²) < 4.78 is 8.46. The van der Waals surface area contributed by atoms with Crippen LogP contribution in [0.4, 0.5) is 5.69 Å². The first-order valence-corrected chi connectivity index (χ1v) is 11.6. The minimum Gasteiger partial charge on any atom is -0.489 e. The summed E-state index contributed by atoms with van der Waals surface area (Å²) in [5.74, 6) is 0.858. The number of aryl methyl sites for hydroxylation is 1. The summed E-state index contributed by atoms with van der Waals surface area (Å²) in [6.45, 7) is 3.46. The second-order valence-electron chi connectivity index (χ2n) is 8.10. The summed E-state index contributed by atoms with van der Waals surface area (Å²) in [5, 5.41) is 3.68. The van der Waals surface area contributed by atoms with Crippen LogP contribution in [0.5, 0.6) is 5.75 Å². The fourth-order valence-electron chi connectivity index (χ4n) is 3.89. The molecule has 166 valence electrons. The van der Waals surface area contributed by atoms with Crippen molar-refractivity contribution in [2.45, 2.75) is 25.5 Å². The van der Waals surface area contributed by atoms with Crippen LogP contribution in [0.15, 0.2) is 72.9 Å². The monoisotopic (exact) mass is 466 g/mol. The number of hydrogen-bond donors (Lipinski definition) is 0. The van der Waals surface area contributed by atoms with E-state index in [1.165, 1.54) is 5.56 Å². The Morgan fingerprint density at radius 3 is 2.59 bits per heavy atom. The van der Waals surface area contributed by atoms with Crippen LogP contribution in [0.2, 0.25) is 5.02 Å². The Hall–Kier alpha value is -2.63. The number of aromatic nitrogens is 2. The lowest BCUT2D eigenvalue weighted by atomic mass is 10.1. The topological polar surface area (TPSA) is 33.5 Å². The van der Waals surface area contributed by atoms with Crippen LogP contribution < -0.4 is 9.64 Å². The fourth-order valence-corrected chi connectivity index (χ4v) is 4.19. The highest BCUT2D eigenvalue weighted by molar-refractivity contribution is 7.78. The first kappa shape index (κ1) is 22.6. The van der Waals surface area contributed by atoms with Crippen molar-refractivity contribution in [1.82, 2.24) is 14.5 Å². The standard InChI is InChI=1S/C25H27ClN4OS/c1-28-14-15-30(23(16-28)18-32)22-7-10-24(11-8-22)31-25(17-29-13-12-27-19-29)9-4-20-2-5-21(26)6-3-20/h2-3,5-8,10-13,19,25H,4,9,14-17H2,1H3. The molecule has 2 heterocycles. The summed E-state index contributed by atoms with van der Waals surface area (Å²) in [7, 11) is 2.10. The Labute approximate surface area is 199 Å². The third kappa shape index (κ3) is 5.99. The van der Waals surface area contributed by atoms with Crippen molar-refractivity contribution < 1.29 is 4.74 Å². The number of ether oxygens (including phenoxy) is 1. The van der Waals surface area contributed by atoms with Gasteiger partial charge in [-0.25, -0.2) is 4.98 Å². The van der Waals surface area contributed by atoms with Gasteiger partial charge < -0.3 is 14.2 Å². The van der Waals surface area contributed by atoms with Gasteiger partial charge in [0.25, 0.3) is 0 Å². The molecule has 0 aliphatic carbocycles. The summed E-state index contributed by atoms with van der Waals surface area (Å²) >= 11 is 11.1. The Bertz CT molecular complexity index is 1050. The first-order chi connectivity index (χ1) is 15.6. The maximum absolute atomic E-state index is 6.40. The predicted molar refractivity (Wildman–Crippen MR) is 134 cm³/mol. The van der Waals surface area contributed by atoms with Crippen molar-refractivity contribution in [2.75, 3.05) is 31.6 Å². The van der Waals surface area contributed by atoms with E-state index in [1.54, 1.807) is 6.20 Å². The average molecular weight is 467 g/mol. The van der Waals surface area contributed by atoms with Gasteiger partial charge in [-0.1, -0.05) is 23.7 Å². The van der Waals surface area contributed by atoms with Gasteiger partial charge in [-0.3, -0.25) is 4.90 Å². The van der Waals surface area contributed by atoms with E-state index >= 15 is 0 Å². The van der Waals surface area contributed by atoms with Gasteiger partial charge in [-0.2, -0.15) is 0 Å². The highest BCUT2D eigenvalue weighted by Gasteiger charge is 2.20. The third-order valence-electron chi connectivity index (χ3n) is 5.66. The van der Waals surface area contributed by atoms with Gasteiger partial charge >= 0.3 is 0 Å². The molecule has 2 aromatic carbocycles. The Kier molecular flexibility index (Phi) is 7.61. The fraction of sp³-hybridized carbons (Fsp3) is 0.320. The molecule has 1 aliphatic rings. The lowest BCUT2D eigenvalue weighted by molar-refractivity contribution is 0.170. The van der Waals surface area contributed by atoms with Gasteiger partial charge in [0.15, 0.2) is 0 Å². The third-order valence-corrected chi connectivity index (χ3v) is 6.15. The molecule has 1 aromatic heterocycles.